The van der Waals surface area contributed by atoms with Gasteiger partial charge in [0, 0.05) is 25.6 Å². The van der Waals surface area contributed by atoms with Crippen molar-refractivity contribution < 1.29 is 27.5 Å². The minimum absolute atomic E-state index is 0.0535. The first kappa shape index (κ1) is 22.3. The summed E-state index contributed by atoms with van der Waals surface area (Å²) < 4.78 is 31.2. The van der Waals surface area contributed by atoms with Crippen LogP contribution in [-0.4, -0.2) is 39.8 Å². The highest BCUT2D eigenvalue weighted by Crippen LogP contribution is 2.34. The Hall–Kier alpha value is -3.40. The smallest absolute Gasteiger partial charge is 0.264 e. The van der Waals surface area contributed by atoms with Crippen molar-refractivity contribution in [2.45, 2.75) is 25.2 Å². The Labute approximate surface area is 180 Å². The van der Waals surface area contributed by atoms with Crippen LogP contribution in [0.5, 0.6) is 5.75 Å². The summed E-state index contributed by atoms with van der Waals surface area (Å²) in [5, 5.41) is 2.70. The summed E-state index contributed by atoms with van der Waals surface area (Å²) in [6, 6.07) is 10.9. The fraction of sp³-hybridized carbons (Fsp3) is 0.286. The molecule has 3 amide bonds. The predicted octanol–water partition coefficient (Wildman–Crippen LogP) is 1.82. The molecule has 9 nitrogen and oxygen atoms in total. The summed E-state index contributed by atoms with van der Waals surface area (Å²) in [7, 11) is -2.43. The Morgan fingerprint density at radius 3 is 2.42 bits per heavy atom. The number of benzene rings is 2. The Bertz CT molecular complexity index is 1130. The van der Waals surface area contributed by atoms with Gasteiger partial charge in [0.1, 0.15) is 5.75 Å². The number of sulfonamides is 1. The van der Waals surface area contributed by atoms with Crippen molar-refractivity contribution in [3.63, 3.8) is 0 Å². The average Bonchev–Trinajstić information content (AvgIpc) is 3.09. The third kappa shape index (κ3) is 5.02. The third-order valence-corrected chi connectivity index (χ3v) is 6.28. The Morgan fingerprint density at radius 1 is 1.13 bits per heavy atom. The van der Waals surface area contributed by atoms with Crippen molar-refractivity contribution in [2.75, 3.05) is 23.9 Å². The number of carbonyl (C=O) groups is 3. The van der Waals surface area contributed by atoms with E-state index in [1.165, 1.54) is 31.4 Å². The lowest BCUT2D eigenvalue weighted by atomic mass is 10.1. The molecule has 2 aromatic carbocycles. The molecule has 0 spiro atoms. The van der Waals surface area contributed by atoms with Crippen LogP contribution in [0, 0.1) is 12.8 Å². The van der Waals surface area contributed by atoms with Crippen LogP contribution in [0.4, 0.5) is 11.4 Å². The van der Waals surface area contributed by atoms with Crippen molar-refractivity contribution >= 4 is 39.1 Å². The van der Waals surface area contributed by atoms with E-state index in [0.29, 0.717) is 17.1 Å². The number of aryl methyl sites for hydroxylation is 1. The highest BCUT2D eigenvalue weighted by atomic mass is 32.2. The summed E-state index contributed by atoms with van der Waals surface area (Å²) in [6.07, 6.45) is 0.0535. The molecule has 0 aliphatic carbocycles. The van der Waals surface area contributed by atoms with E-state index < -0.39 is 21.8 Å². The second-order valence-corrected chi connectivity index (χ2v) is 8.94. The minimum atomic E-state index is -3.95. The number of anilines is 2. The van der Waals surface area contributed by atoms with E-state index in [2.05, 4.69) is 5.32 Å². The molecule has 2 N–H and O–H groups in total. The number of nitrogens with one attached hydrogen (secondary N) is 2. The average molecular weight is 445 g/mol. The van der Waals surface area contributed by atoms with E-state index >= 15 is 0 Å². The zero-order valence-corrected chi connectivity index (χ0v) is 18.2. The monoisotopic (exact) mass is 445 g/mol. The molecule has 1 aliphatic rings. The zero-order chi connectivity index (χ0) is 22.8. The van der Waals surface area contributed by atoms with Gasteiger partial charge in [-0.15, -0.1) is 0 Å². The molecule has 1 unspecified atom stereocenters. The van der Waals surface area contributed by atoms with Gasteiger partial charge in [-0.2, -0.15) is 0 Å². The number of nitrogens with zero attached hydrogens (tertiary/aromatic N) is 1. The largest absolute Gasteiger partial charge is 0.495 e. The molecular weight excluding hydrogens is 422 g/mol. The van der Waals surface area contributed by atoms with Gasteiger partial charge in [-0.05, 0) is 48.9 Å². The molecule has 1 saturated heterocycles. The molecule has 1 aliphatic heterocycles. The number of hydrogen-bond donors (Lipinski definition) is 2. The maximum absolute atomic E-state index is 12.7. The standard InChI is InChI=1S/C21H23N3O6S/c1-13-4-9-19(30-3)18(10-13)24-12-15(11-20(24)26)21(27)22-16-5-7-17(8-6-16)31(28,29)23-14(2)25/h4-10,15H,11-12H2,1-3H3,(H,22,27)(H,23,25). The van der Waals surface area contributed by atoms with Gasteiger partial charge >= 0.3 is 0 Å². The van der Waals surface area contributed by atoms with Crippen LogP contribution in [0.2, 0.25) is 0 Å². The highest BCUT2D eigenvalue weighted by Gasteiger charge is 2.36. The van der Waals surface area contributed by atoms with E-state index in [-0.39, 0.29) is 29.7 Å². The Morgan fingerprint density at radius 2 is 1.81 bits per heavy atom. The summed E-state index contributed by atoms with van der Waals surface area (Å²) in [4.78, 5) is 37.7. The minimum Gasteiger partial charge on any atom is -0.495 e. The van der Waals surface area contributed by atoms with Gasteiger partial charge in [-0.25, -0.2) is 13.1 Å². The van der Waals surface area contributed by atoms with E-state index in [1.807, 2.05) is 23.8 Å². The zero-order valence-electron chi connectivity index (χ0n) is 17.3. The summed E-state index contributed by atoms with van der Waals surface area (Å²) in [5.74, 6) is -1.24. The number of ether oxygens (including phenoxy) is 1. The predicted molar refractivity (Wildman–Crippen MR) is 114 cm³/mol. The molecule has 0 saturated carbocycles. The number of amides is 3. The molecular formula is C21H23N3O6S. The summed E-state index contributed by atoms with van der Waals surface area (Å²) >= 11 is 0. The van der Waals surface area contributed by atoms with Crippen LogP contribution < -0.4 is 19.7 Å². The van der Waals surface area contributed by atoms with Crippen LogP contribution in [-0.2, 0) is 24.4 Å². The van der Waals surface area contributed by atoms with Crippen molar-refractivity contribution in [1.82, 2.24) is 4.72 Å². The van der Waals surface area contributed by atoms with Crippen molar-refractivity contribution in [1.29, 1.82) is 0 Å². The molecule has 10 heteroatoms. The van der Waals surface area contributed by atoms with Gasteiger partial charge in [0.2, 0.25) is 17.7 Å². The fourth-order valence-corrected chi connectivity index (χ4v) is 4.33. The molecule has 1 atom stereocenters. The van der Waals surface area contributed by atoms with Crippen LogP contribution in [0.15, 0.2) is 47.4 Å². The SMILES string of the molecule is COc1ccc(C)cc1N1CC(C(=O)Nc2ccc(S(=O)(=O)NC(C)=O)cc2)CC1=O. The fourth-order valence-electron chi connectivity index (χ4n) is 3.34. The van der Waals surface area contributed by atoms with E-state index in [1.54, 1.807) is 11.0 Å². The third-order valence-electron chi connectivity index (χ3n) is 4.83. The number of rotatable bonds is 6. The quantitative estimate of drug-likeness (QED) is 0.700. The van der Waals surface area contributed by atoms with Crippen molar-refractivity contribution in [3.8, 4) is 5.75 Å². The van der Waals surface area contributed by atoms with Crippen molar-refractivity contribution in [2.24, 2.45) is 5.92 Å². The molecule has 1 heterocycles. The first-order valence-corrected chi connectivity index (χ1v) is 11.0. The maximum atomic E-state index is 12.7. The van der Waals surface area contributed by atoms with Gasteiger partial charge in [0.05, 0.1) is 23.6 Å². The normalized spacial score (nSPS) is 16.2. The number of hydrogen-bond acceptors (Lipinski definition) is 6. The lowest BCUT2D eigenvalue weighted by Gasteiger charge is -2.20. The summed E-state index contributed by atoms with van der Waals surface area (Å²) in [5.41, 5.74) is 1.96. The van der Waals surface area contributed by atoms with Gasteiger partial charge in [-0.3, -0.25) is 14.4 Å². The Kier molecular flexibility index (Phi) is 6.30. The molecule has 1 fully saturated rings. The van der Waals surface area contributed by atoms with Crippen LogP contribution in [0.25, 0.3) is 0 Å². The van der Waals surface area contributed by atoms with Crippen molar-refractivity contribution in [3.05, 3.63) is 48.0 Å². The van der Waals surface area contributed by atoms with Gasteiger partial charge in [-0.1, -0.05) is 6.07 Å². The molecule has 164 valence electrons. The van der Waals surface area contributed by atoms with E-state index in [9.17, 15) is 22.8 Å². The highest BCUT2D eigenvalue weighted by molar-refractivity contribution is 7.90. The molecule has 0 radical (unpaired) electrons. The second-order valence-electron chi connectivity index (χ2n) is 7.26. The first-order chi connectivity index (χ1) is 14.6. The second kappa shape index (κ2) is 8.76. The van der Waals surface area contributed by atoms with E-state index in [4.69, 9.17) is 4.74 Å². The van der Waals surface area contributed by atoms with Crippen LogP contribution in [0.1, 0.15) is 18.9 Å². The lowest BCUT2D eigenvalue weighted by molar-refractivity contribution is -0.122. The van der Waals surface area contributed by atoms with Crippen LogP contribution >= 0.6 is 0 Å². The molecule has 31 heavy (non-hydrogen) atoms. The maximum Gasteiger partial charge on any atom is 0.264 e. The topological polar surface area (TPSA) is 122 Å². The number of methoxy groups -OCH3 is 1. The van der Waals surface area contributed by atoms with E-state index in [0.717, 1.165) is 12.5 Å². The molecule has 0 aromatic heterocycles. The number of carbonyl (C=O) groups excluding carboxylic acids is 3. The lowest BCUT2D eigenvalue weighted by Crippen LogP contribution is -2.29. The summed E-state index contributed by atoms with van der Waals surface area (Å²) in [6.45, 7) is 3.22. The first-order valence-electron chi connectivity index (χ1n) is 9.50. The molecule has 2 aromatic rings. The van der Waals surface area contributed by atoms with Gasteiger partial charge in [0.25, 0.3) is 10.0 Å². The van der Waals surface area contributed by atoms with Crippen LogP contribution in [0.3, 0.4) is 0 Å². The van der Waals surface area contributed by atoms with Gasteiger partial charge < -0.3 is 15.0 Å². The molecule has 3 rings (SSSR count). The Balaban J connectivity index is 1.70. The van der Waals surface area contributed by atoms with Gasteiger partial charge in [0.15, 0.2) is 0 Å². The molecule has 0 bridgehead atoms.